The van der Waals surface area contributed by atoms with Gasteiger partial charge < -0.3 is 15.7 Å². The molecule has 1 aliphatic carbocycles. The molecule has 2 amide bonds. The summed E-state index contributed by atoms with van der Waals surface area (Å²) in [4.78, 5) is 22.4. The summed E-state index contributed by atoms with van der Waals surface area (Å²) in [6, 6.07) is -0.363. The summed E-state index contributed by atoms with van der Waals surface area (Å²) in [6.07, 6.45) is 5.04. The Balaban J connectivity index is 2.25. The van der Waals surface area contributed by atoms with Crippen molar-refractivity contribution in [3.63, 3.8) is 0 Å². The topological polar surface area (TPSA) is 78.4 Å². The summed E-state index contributed by atoms with van der Waals surface area (Å²) >= 11 is 0. The van der Waals surface area contributed by atoms with Crippen LogP contribution in [-0.2, 0) is 4.79 Å². The van der Waals surface area contributed by atoms with Gasteiger partial charge in [0, 0.05) is 6.54 Å². The lowest BCUT2D eigenvalue weighted by Gasteiger charge is -2.38. The molecule has 1 fully saturated rings. The van der Waals surface area contributed by atoms with Crippen molar-refractivity contribution in [1.82, 2.24) is 10.6 Å². The maximum Gasteiger partial charge on any atom is 0.329 e. The molecule has 1 saturated carbocycles. The molecule has 0 atom stereocenters. The summed E-state index contributed by atoms with van der Waals surface area (Å²) in [6.45, 7) is 2.70. The van der Waals surface area contributed by atoms with Gasteiger partial charge in [-0.2, -0.15) is 0 Å². The molecule has 5 heteroatoms. The highest BCUT2D eigenvalue weighted by Gasteiger charge is 2.45. The van der Waals surface area contributed by atoms with Gasteiger partial charge in [0.05, 0.1) is 0 Å². The van der Waals surface area contributed by atoms with Crippen molar-refractivity contribution in [3.05, 3.63) is 0 Å². The van der Waals surface area contributed by atoms with E-state index in [-0.39, 0.29) is 6.03 Å². The molecule has 1 rings (SSSR count). The number of urea groups is 1. The van der Waals surface area contributed by atoms with E-state index in [1.54, 1.807) is 0 Å². The van der Waals surface area contributed by atoms with Gasteiger partial charge in [-0.25, -0.2) is 9.59 Å². The van der Waals surface area contributed by atoms with Crippen molar-refractivity contribution in [2.45, 2.75) is 51.0 Å². The Labute approximate surface area is 95.6 Å². The number of amides is 2. The molecular formula is C11H20N2O3. The van der Waals surface area contributed by atoms with Crippen LogP contribution in [0.4, 0.5) is 4.79 Å². The minimum Gasteiger partial charge on any atom is -0.480 e. The maximum atomic E-state index is 11.4. The van der Waals surface area contributed by atoms with E-state index in [1.807, 2.05) is 0 Å². The largest absolute Gasteiger partial charge is 0.480 e. The highest BCUT2D eigenvalue weighted by Crippen LogP contribution is 2.31. The van der Waals surface area contributed by atoms with Crippen molar-refractivity contribution in [2.24, 2.45) is 0 Å². The van der Waals surface area contributed by atoms with Crippen LogP contribution in [0.2, 0.25) is 0 Å². The Hall–Kier alpha value is -1.26. The third-order valence-corrected chi connectivity index (χ3v) is 3.04. The number of hydrogen-bond donors (Lipinski definition) is 3. The zero-order chi connectivity index (χ0) is 12.0. The molecule has 0 spiro atoms. The van der Waals surface area contributed by atoms with Crippen LogP contribution in [0.15, 0.2) is 0 Å². The lowest BCUT2D eigenvalue weighted by molar-refractivity contribution is -0.148. The highest BCUT2D eigenvalue weighted by molar-refractivity contribution is 5.87. The van der Waals surface area contributed by atoms with Crippen LogP contribution in [0.3, 0.4) is 0 Å². The summed E-state index contributed by atoms with van der Waals surface area (Å²) in [5, 5.41) is 14.2. The van der Waals surface area contributed by atoms with Crippen LogP contribution in [0.1, 0.15) is 45.4 Å². The third kappa shape index (κ3) is 3.12. The number of unbranched alkanes of at least 4 members (excludes halogenated alkanes) is 2. The predicted octanol–water partition coefficient (Wildman–Crippen LogP) is 1.48. The predicted molar refractivity (Wildman–Crippen MR) is 60.3 cm³/mol. The fraction of sp³-hybridized carbons (Fsp3) is 0.818. The van der Waals surface area contributed by atoms with E-state index in [0.717, 1.165) is 25.7 Å². The Morgan fingerprint density at radius 1 is 1.31 bits per heavy atom. The molecule has 92 valence electrons. The number of aliphatic carboxylic acids is 1. The molecule has 0 aromatic heterocycles. The number of carboxylic acid groups (broad SMARTS) is 1. The molecular weight excluding hydrogens is 208 g/mol. The number of hydrogen-bond acceptors (Lipinski definition) is 2. The maximum absolute atomic E-state index is 11.4. The van der Waals surface area contributed by atoms with Gasteiger partial charge in [0.25, 0.3) is 0 Å². The summed E-state index contributed by atoms with van der Waals surface area (Å²) < 4.78 is 0. The van der Waals surface area contributed by atoms with Crippen LogP contribution in [-0.4, -0.2) is 29.2 Å². The van der Waals surface area contributed by atoms with Gasteiger partial charge in [0.1, 0.15) is 5.54 Å². The average molecular weight is 228 g/mol. The van der Waals surface area contributed by atoms with Gasteiger partial charge in [-0.15, -0.1) is 0 Å². The van der Waals surface area contributed by atoms with E-state index >= 15 is 0 Å². The van der Waals surface area contributed by atoms with Crippen molar-refractivity contribution in [3.8, 4) is 0 Å². The van der Waals surface area contributed by atoms with Gasteiger partial charge in [0.2, 0.25) is 0 Å². The standard InChI is InChI=1S/C11H20N2O3/c1-2-3-4-8-12-10(16)13-11(9(14)15)6-5-7-11/h2-8H2,1H3,(H,14,15)(H2,12,13,16). The first kappa shape index (κ1) is 12.8. The Morgan fingerprint density at radius 3 is 2.44 bits per heavy atom. The van der Waals surface area contributed by atoms with Crippen LogP contribution >= 0.6 is 0 Å². The van der Waals surface area contributed by atoms with Crippen molar-refractivity contribution in [1.29, 1.82) is 0 Å². The quantitative estimate of drug-likeness (QED) is 0.602. The van der Waals surface area contributed by atoms with Gasteiger partial charge in [-0.3, -0.25) is 0 Å². The molecule has 0 aromatic rings. The first-order valence-corrected chi connectivity index (χ1v) is 5.90. The van der Waals surface area contributed by atoms with Crippen molar-refractivity contribution < 1.29 is 14.7 Å². The summed E-state index contributed by atoms with van der Waals surface area (Å²) in [7, 11) is 0. The molecule has 16 heavy (non-hydrogen) atoms. The number of carbonyl (C=O) groups is 2. The Kier molecular flexibility index (Phi) is 4.58. The molecule has 0 aromatic carbocycles. The number of nitrogens with one attached hydrogen (secondary N) is 2. The fourth-order valence-electron chi connectivity index (χ4n) is 1.76. The Morgan fingerprint density at radius 2 is 2.00 bits per heavy atom. The molecule has 0 aliphatic heterocycles. The number of rotatable bonds is 6. The molecule has 5 nitrogen and oxygen atoms in total. The van der Waals surface area contributed by atoms with Crippen LogP contribution in [0, 0.1) is 0 Å². The van der Waals surface area contributed by atoms with Gasteiger partial charge in [-0.1, -0.05) is 19.8 Å². The molecule has 1 aliphatic rings. The number of carbonyl (C=O) groups excluding carboxylic acids is 1. The lowest BCUT2D eigenvalue weighted by Crippen LogP contribution is -2.61. The lowest BCUT2D eigenvalue weighted by atomic mass is 9.77. The molecule has 0 bridgehead atoms. The molecule has 0 saturated heterocycles. The van der Waals surface area contributed by atoms with E-state index < -0.39 is 11.5 Å². The van der Waals surface area contributed by atoms with Crippen molar-refractivity contribution >= 4 is 12.0 Å². The van der Waals surface area contributed by atoms with Gasteiger partial charge >= 0.3 is 12.0 Å². The number of carboxylic acids is 1. The Bertz CT molecular complexity index is 262. The summed E-state index contributed by atoms with van der Waals surface area (Å²) in [5.74, 6) is -0.928. The molecule has 3 N–H and O–H groups in total. The minimum absolute atomic E-state index is 0.363. The van der Waals surface area contributed by atoms with Gasteiger partial charge in [0.15, 0.2) is 0 Å². The average Bonchev–Trinajstić information content (AvgIpc) is 2.18. The smallest absolute Gasteiger partial charge is 0.329 e. The van der Waals surface area contributed by atoms with Crippen LogP contribution < -0.4 is 10.6 Å². The van der Waals surface area contributed by atoms with Crippen LogP contribution in [0.5, 0.6) is 0 Å². The SMILES string of the molecule is CCCCCNC(=O)NC1(C(=O)O)CCC1. The second-order valence-corrected chi connectivity index (χ2v) is 4.33. The van der Waals surface area contributed by atoms with E-state index in [1.165, 1.54) is 0 Å². The minimum atomic E-state index is -1.01. The normalized spacial score (nSPS) is 17.3. The zero-order valence-electron chi connectivity index (χ0n) is 9.71. The first-order valence-electron chi connectivity index (χ1n) is 5.90. The van der Waals surface area contributed by atoms with E-state index in [9.17, 15) is 9.59 Å². The monoisotopic (exact) mass is 228 g/mol. The fourth-order valence-corrected chi connectivity index (χ4v) is 1.76. The zero-order valence-corrected chi connectivity index (χ0v) is 9.71. The third-order valence-electron chi connectivity index (χ3n) is 3.04. The van der Waals surface area contributed by atoms with E-state index in [2.05, 4.69) is 17.6 Å². The first-order chi connectivity index (χ1) is 7.60. The second kappa shape index (κ2) is 5.72. The van der Waals surface area contributed by atoms with E-state index in [0.29, 0.717) is 19.4 Å². The van der Waals surface area contributed by atoms with E-state index in [4.69, 9.17) is 5.11 Å². The second-order valence-electron chi connectivity index (χ2n) is 4.33. The van der Waals surface area contributed by atoms with Crippen molar-refractivity contribution in [2.75, 3.05) is 6.54 Å². The molecule has 0 unspecified atom stereocenters. The highest BCUT2D eigenvalue weighted by atomic mass is 16.4. The van der Waals surface area contributed by atoms with Crippen LogP contribution in [0.25, 0.3) is 0 Å². The molecule has 0 radical (unpaired) electrons. The van der Waals surface area contributed by atoms with Gasteiger partial charge in [-0.05, 0) is 25.7 Å². The molecule has 0 heterocycles. The summed E-state index contributed by atoms with van der Waals surface area (Å²) in [5.41, 5.74) is -1.01.